The molecule has 0 aliphatic heterocycles. The second-order valence-corrected chi connectivity index (χ2v) is 4.97. The third kappa shape index (κ3) is 3.45. The van der Waals surface area contributed by atoms with Crippen LogP contribution in [0.25, 0.3) is 0 Å². The number of hydrogen-bond donors (Lipinski definition) is 1. The molecule has 0 saturated carbocycles. The van der Waals surface area contributed by atoms with E-state index in [9.17, 15) is 4.39 Å². The lowest BCUT2D eigenvalue weighted by Crippen LogP contribution is -2.08. The van der Waals surface area contributed by atoms with Crippen molar-refractivity contribution in [2.24, 2.45) is 0 Å². The van der Waals surface area contributed by atoms with Crippen LogP contribution in [0.1, 0.15) is 24.1 Å². The average molecular weight is 305 g/mol. The van der Waals surface area contributed by atoms with Gasteiger partial charge in [-0.2, -0.15) is 5.26 Å². The molecule has 3 nitrogen and oxygen atoms in total. The lowest BCUT2D eigenvalue weighted by Gasteiger charge is -2.18. The number of methoxy groups -OCH3 is 1. The third-order valence-corrected chi connectivity index (χ3v) is 3.45. The lowest BCUT2D eigenvalue weighted by molar-refractivity contribution is 0.416. The molecule has 0 fully saturated rings. The quantitative estimate of drug-likeness (QED) is 0.902. The van der Waals surface area contributed by atoms with E-state index in [1.807, 2.05) is 6.92 Å². The van der Waals surface area contributed by atoms with Crippen LogP contribution in [0.3, 0.4) is 0 Å². The Kier molecular flexibility index (Phi) is 4.66. The lowest BCUT2D eigenvalue weighted by atomic mass is 10.1. The highest BCUT2D eigenvalue weighted by Gasteiger charge is 2.11. The molecule has 0 aliphatic rings. The molecule has 5 heteroatoms. The van der Waals surface area contributed by atoms with Gasteiger partial charge in [0.2, 0.25) is 0 Å². The van der Waals surface area contributed by atoms with Crippen molar-refractivity contribution in [3.8, 4) is 11.8 Å². The molecule has 0 heterocycles. The molecular formula is C16H14ClFN2O. The predicted octanol–water partition coefficient (Wildman–Crippen LogP) is 4.53. The molecule has 108 valence electrons. The van der Waals surface area contributed by atoms with Gasteiger partial charge in [-0.25, -0.2) is 4.39 Å². The Labute approximate surface area is 127 Å². The molecule has 0 spiro atoms. The molecule has 1 atom stereocenters. The number of hydrogen-bond acceptors (Lipinski definition) is 3. The van der Waals surface area contributed by atoms with Crippen molar-refractivity contribution in [3.05, 3.63) is 58.4 Å². The summed E-state index contributed by atoms with van der Waals surface area (Å²) in [5, 5.41) is 12.2. The van der Waals surface area contributed by atoms with Crippen molar-refractivity contribution in [3.63, 3.8) is 0 Å². The van der Waals surface area contributed by atoms with Gasteiger partial charge in [-0.1, -0.05) is 17.7 Å². The number of nitrogens with zero attached hydrogens (tertiary/aromatic N) is 1. The maximum atomic E-state index is 13.5. The van der Waals surface area contributed by atoms with Crippen molar-refractivity contribution in [2.45, 2.75) is 13.0 Å². The van der Waals surface area contributed by atoms with Crippen molar-refractivity contribution in [2.75, 3.05) is 12.4 Å². The van der Waals surface area contributed by atoms with Crippen LogP contribution in [-0.2, 0) is 0 Å². The average Bonchev–Trinajstić information content (AvgIpc) is 2.50. The Hall–Kier alpha value is -2.25. The zero-order chi connectivity index (χ0) is 15.4. The van der Waals surface area contributed by atoms with E-state index in [0.29, 0.717) is 11.3 Å². The van der Waals surface area contributed by atoms with E-state index < -0.39 is 5.82 Å². The summed E-state index contributed by atoms with van der Waals surface area (Å²) in [4.78, 5) is 0. The number of rotatable bonds is 4. The summed E-state index contributed by atoms with van der Waals surface area (Å²) in [6.07, 6.45) is 0. The molecule has 2 rings (SSSR count). The fourth-order valence-corrected chi connectivity index (χ4v) is 2.10. The summed E-state index contributed by atoms with van der Waals surface area (Å²) in [6, 6.07) is 11.7. The first-order valence-corrected chi connectivity index (χ1v) is 6.72. The maximum absolute atomic E-state index is 13.5. The third-order valence-electron chi connectivity index (χ3n) is 3.15. The van der Waals surface area contributed by atoms with Crippen molar-refractivity contribution < 1.29 is 9.13 Å². The Morgan fingerprint density at radius 2 is 2.05 bits per heavy atom. The van der Waals surface area contributed by atoms with Gasteiger partial charge in [-0.05, 0) is 36.8 Å². The molecule has 0 aliphatic carbocycles. The fraction of sp³-hybridized carbons (Fsp3) is 0.188. The van der Waals surface area contributed by atoms with Crippen LogP contribution in [0.5, 0.6) is 5.75 Å². The second-order valence-electron chi connectivity index (χ2n) is 4.57. The van der Waals surface area contributed by atoms with E-state index in [0.717, 1.165) is 11.3 Å². The Balaban J connectivity index is 2.25. The number of benzene rings is 2. The zero-order valence-electron chi connectivity index (χ0n) is 11.7. The smallest absolute Gasteiger partial charge is 0.143 e. The van der Waals surface area contributed by atoms with Gasteiger partial charge in [-0.3, -0.25) is 0 Å². The topological polar surface area (TPSA) is 45.0 Å². The van der Waals surface area contributed by atoms with Crippen molar-refractivity contribution in [1.82, 2.24) is 0 Å². The molecule has 0 bridgehead atoms. The molecule has 1 N–H and O–H groups in total. The van der Waals surface area contributed by atoms with Crippen LogP contribution < -0.4 is 10.1 Å². The predicted molar refractivity (Wildman–Crippen MR) is 81.2 cm³/mol. The molecule has 21 heavy (non-hydrogen) atoms. The minimum atomic E-state index is -0.449. The van der Waals surface area contributed by atoms with Gasteiger partial charge in [0.25, 0.3) is 0 Å². The molecule has 2 aromatic carbocycles. The van der Waals surface area contributed by atoms with Crippen LogP contribution in [-0.4, -0.2) is 7.11 Å². The Morgan fingerprint density at radius 1 is 1.29 bits per heavy atom. The van der Waals surface area contributed by atoms with Crippen LogP contribution in [0.15, 0.2) is 36.4 Å². The number of ether oxygens (including phenoxy) is 1. The van der Waals surface area contributed by atoms with Gasteiger partial charge in [-0.15, -0.1) is 0 Å². The molecule has 2 aromatic rings. The summed E-state index contributed by atoms with van der Waals surface area (Å²) in [6.45, 7) is 1.90. The van der Waals surface area contributed by atoms with Gasteiger partial charge in [0, 0.05) is 12.1 Å². The Morgan fingerprint density at radius 3 is 2.67 bits per heavy atom. The van der Waals surface area contributed by atoms with Crippen molar-refractivity contribution in [1.29, 1.82) is 5.26 Å². The van der Waals surface area contributed by atoms with Crippen LogP contribution in [0, 0.1) is 17.1 Å². The van der Waals surface area contributed by atoms with Crippen LogP contribution in [0.4, 0.5) is 10.1 Å². The maximum Gasteiger partial charge on any atom is 0.143 e. The van der Waals surface area contributed by atoms with Gasteiger partial charge in [0.15, 0.2) is 0 Å². The first-order valence-electron chi connectivity index (χ1n) is 6.34. The first-order chi connectivity index (χ1) is 10.0. The van der Waals surface area contributed by atoms with Crippen molar-refractivity contribution >= 4 is 17.3 Å². The molecule has 0 saturated heterocycles. The molecular weight excluding hydrogens is 291 g/mol. The highest BCUT2D eigenvalue weighted by molar-refractivity contribution is 6.30. The monoisotopic (exact) mass is 304 g/mol. The van der Waals surface area contributed by atoms with E-state index in [-0.39, 0.29) is 11.1 Å². The van der Waals surface area contributed by atoms with E-state index in [1.54, 1.807) is 24.3 Å². The van der Waals surface area contributed by atoms with Gasteiger partial charge in [0.1, 0.15) is 11.6 Å². The summed E-state index contributed by atoms with van der Waals surface area (Å²) >= 11 is 5.68. The van der Waals surface area contributed by atoms with Gasteiger partial charge < -0.3 is 10.1 Å². The van der Waals surface area contributed by atoms with Crippen LogP contribution in [0.2, 0.25) is 5.02 Å². The zero-order valence-corrected chi connectivity index (χ0v) is 12.4. The standard InChI is InChI=1S/C16H14ClFN2O/c1-10(12-4-5-13(17)14(18)8-12)20-15-6-3-11(9-19)7-16(15)21-2/h3-8,10,20H,1-2H3. The minimum Gasteiger partial charge on any atom is -0.495 e. The number of anilines is 1. The fourth-order valence-electron chi connectivity index (χ4n) is 1.98. The van der Waals surface area contributed by atoms with E-state index in [4.69, 9.17) is 21.6 Å². The number of nitrogens with one attached hydrogen (secondary N) is 1. The van der Waals surface area contributed by atoms with E-state index in [2.05, 4.69) is 11.4 Å². The largest absolute Gasteiger partial charge is 0.495 e. The first kappa shape index (κ1) is 15.1. The summed E-state index contributed by atoms with van der Waals surface area (Å²) < 4.78 is 18.8. The molecule has 0 radical (unpaired) electrons. The molecule has 0 amide bonds. The SMILES string of the molecule is COc1cc(C#N)ccc1NC(C)c1ccc(Cl)c(F)c1. The van der Waals surface area contributed by atoms with Crippen LogP contribution >= 0.6 is 11.6 Å². The van der Waals surface area contributed by atoms with Gasteiger partial charge in [0.05, 0.1) is 29.5 Å². The van der Waals surface area contributed by atoms with Gasteiger partial charge >= 0.3 is 0 Å². The van der Waals surface area contributed by atoms with E-state index in [1.165, 1.54) is 19.2 Å². The summed E-state index contributed by atoms with van der Waals surface area (Å²) in [5.41, 5.74) is 2.02. The van der Waals surface area contributed by atoms with E-state index >= 15 is 0 Å². The summed E-state index contributed by atoms with van der Waals surface area (Å²) in [5.74, 6) is 0.116. The highest BCUT2D eigenvalue weighted by atomic mass is 35.5. The number of nitriles is 1. The Bertz CT molecular complexity index is 697. The summed E-state index contributed by atoms with van der Waals surface area (Å²) in [7, 11) is 1.54. The number of halogens is 2. The second kappa shape index (κ2) is 6.47. The minimum absolute atomic E-state index is 0.0990. The molecule has 1 unspecified atom stereocenters. The normalized spacial score (nSPS) is 11.6. The molecule has 0 aromatic heterocycles. The highest BCUT2D eigenvalue weighted by Crippen LogP contribution is 2.30.